The molecule has 20 heavy (non-hydrogen) atoms. The monoisotopic (exact) mass is 274 g/mol. The van der Waals surface area contributed by atoms with Gasteiger partial charge in [-0.2, -0.15) is 0 Å². The average Bonchev–Trinajstić information content (AvgIpc) is 3.06. The van der Waals surface area contributed by atoms with E-state index in [9.17, 15) is 0 Å². The van der Waals surface area contributed by atoms with Crippen molar-refractivity contribution in [2.24, 2.45) is 0 Å². The van der Waals surface area contributed by atoms with Gasteiger partial charge in [0, 0.05) is 12.6 Å². The molecule has 5 heteroatoms. The molecule has 0 unspecified atom stereocenters. The average molecular weight is 274 g/mol. The summed E-state index contributed by atoms with van der Waals surface area (Å²) in [6, 6.07) is 8.05. The highest BCUT2D eigenvalue weighted by Gasteiger charge is 2.15. The fraction of sp³-hybridized carbons (Fsp3) is 0.400. The number of aryl methyl sites for hydroxylation is 1. The third kappa shape index (κ3) is 2.77. The largest absolute Gasteiger partial charge is 0.454 e. The van der Waals surface area contributed by atoms with E-state index < -0.39 is 0 Å². The number of fused-ring (bicyclic) bond motifs is 1. The van der Waals surface area contributed by atoms with Crippen molar-refractivity contribution in [3.05, 3.63) is 41.3 Å². The van der Waals surface area contributed by atoms with Gasteiger partial charge in [-0.15, -0.1) is 0 Å². The van der Waals surface area contributed by atoms with Gasteiger partial charge >= 0.3 is 0 Å². The van der Waals surface area contributed by atoms with E-state index in [0.29, 0.717) is 6.79 Å². The quantitative estimate of drug-likeness (QED) is 0.839. The van der Waals surface area contributed by atoms with Crippen molar-refractivity contribution in [2.45, 2.75) is 26.9 Å². The molecular weight excluding hydrogens is 256 g/mol. The molecular formula is C15H18N2O3. The second-order valence-electron chi connectivity index (χ2n) is 4.93. The van der Waals surface area contributed by atoms with Crippen LogP contribution in [0.3, 0.4) is 0 Å². The standard InChI is InChI=1S/C15H18N2O3/c1-3-17(9-13-6-11(2)16-20-13)8-12-4-5-14-15(7-12)19-10-18-14/h4-7H,3,8-10H2,1-2H3. The third-order valence-corrected chi connectivity index (χ3v) is 3.35. The van der Waals surface area contributed by atoms with Crippen LogP contribution in [-0.2, 0) is 13.1 Å². The minimum absolute atomic E-state index is 0.313. The summed E-state index contributed by atoms with van der Waals surface area (Å²) >= 11 is 0. The van der Waals surface area contributed by atoms with Crippen LogP contribution < -0.4 is 9.47 Å². The molecule has 0 atom stereocenters. The molecule has 0 fully saturated rings. The summed E-state index contributed by atoms with van der Waals surface area (Å²) in [6.07, 6.45) is 0. The Kier molecular flexibility index (Phi) is 3.60. The van der Waals surface area contributed by atoms with Crippen molar-refractivity contribution in [1.82, 2.24) is 10.1 Å². The molecule has 1 aliphatic rings. The van der Waals surface area contributed by atoms with Gasteiger partial charge in [0.2, 0.25) is 6.79 Å². The maximum atomic E-state index is 5.41. The first-order valence-corrected chi connectivity index (χ1v) is 6.77. The van der Waals surface area contributed by atoms with Gasteiger partial charge in [0.15, 0.2) is 17.3 Å². The molecule has 1 aliphatic heterocycles. The number of benzene rings is 1. The summed E-state index contributed by atoms with van der Waals surface area (Å²) in [5, 5.41) is 3.92. The Bertz CT molecular complexity index is 595. The molecule has 1 aromatic heterocycles. The Hall–Kier alpha value is -2.01. The second-order valence-corrected chi connectivity index (χ2v) is 4.93. The lowest BCUT2D eigenvalue weighted by Gasteiger charge is -2.18. The van der Waals surface area contributed by atoms with Gasteiger partial charge in [0.1, 0.15) is 0 Å². The Balaban J connectivity index is 1.68. The lowest BCUT2D eigenvalue weighted by Crippen LogP contribution is -2.22. The van der Waals surface area contributed by atoms with Gasteiger partial charge < -0.3 is 14.0 Å². The van der Waals surface area contributed by atoms with E-state index in [-0.39, 0.29) is 0 Å². The van der Waals surface area contributed by atoms with Crippen LogP contribution in [0.15, 0.2) is 28.8 Å². The van der Waals surface area contributed by atoms with E-state index in [1.165, 1.54) is 5.56 Å². The van der Waals surface area contributed by atoms with Crippen LogP contribution in [-0.4, -0.2) is 23.4 Å². The zero-order valence-corrected chi connectivity index (χ0v) is 11.8. The normalized spacial score (nSPS) is 13.2. The van der Waals surface area contributed by atoms with Gasteiger partial charge in [-0.3, -0.25) is 4.90 Å². The van der Waals surface area contributed by atoms with E-state index in [2.05, 4.69) is 23.0 Å². The molecule has 0 saturated heterocycles. The maximum absolute atomic E-state index is 5.41. The molecule has 0 aliphatic carbocycles. The lowest BCUT2D eigenvalue weighted by atomic mass is 10.2. The van der Waals surface area contributed by atoms with Gasteiger partial charge in [-0.1, -0.05) is 18.1 Å². The SMILES string of the molecule is CCN(Cc1ccc2c(c1)OCO2)Cc1cc(C)no1. The maximum Gasteiger partial charge on any atom is 0.231 e. The number of ether oxygens (including phenoxy) is 2. The summed E-state index contributed by atoms with van der Waals surface area (Å²) in [6.45, 7) is 6.91. The minimum Gasteiger partial charge on any atom is -0.454 e. The van der Waals surface area contributed by atoms with Crippen LogP contribution in [0, 0.1) is 6.92 Å². The van der Waals surface area contributed by atoms with Crippen LogP contribution in [0.1, 0.15) is 23.9 Å². The van der Waals surface area contributed by atoms with Crippen LogP contribution in [0.2, 0.25) is 0 Å². The number of aromatic nitrogens is 1. The highest BCUT2D eigenvalue weighted by molar-refractivity contribution is 5.44. The summed E-state index contributed by atoms with van der Waals surface area (Å²) in [7, 11) is 0. The summed E-state index contributed by atoms with van der Waals surface area (Å²) in [5.74, 6) is 2.54. The van der Waals surface area contributed by atoms with E-state index in [1.54, 1.807) is 0 Å². The van der Waals surface area contributed by atoms with Crippen molar-refractivity contribution in [3.63, 3.8) is 0 Å². The van der Waals surface area contributed by atoms with Crippen molar-refractivity contribution < 1.29 is 14.0 Å². The van der Waals surface area contributed by atoms with E-state index >= 15 is 0 Å². The number of rotatable bonds is 5. The second kappa shape index (κ2) is 5.54. The Morgan fingerprint density at radius 2 is 2.00 bits per heavy atom. The molecule has 0 bridgehead atoms. The number of hydrogen-bond donors (Lipinski definition) is 0. The molecule has 2 aromatic rings. The first-order chi connectivity index (χ1) is 9.74. The van der Waals surface area contributed by atoms with Crippen molar-refractivity contribution in [2.75, 3.05) is 13.3 Å². The zero-order valence-electron chi connectivity index (χ0n) is 11.8. The molecule has 0 N–H and O–H groups in total. The fourth-order valence-corrected chi connectivity index (χ4v) is 2.29. The third-order valence-electron chi connectivity index (χ3n) is 3.35. The first-order valence-electron chi connectivity index (χ1n) is 6.77. The Labute approximate surface area is 118 Å². The van der Waals surface area contributed by atoms with Gasteiger partial charge in [0.25, 0.3) is 0 Å². The summed E-state index contributed by atoms with van der Waals surface area (Å²) in [4.78, 5) is 2.29. The van der Waals surface area contributed by atoms with Gasteiger partial charge in [-0.25, -0.2) is 0 Å². The topological polar surface area (TPSA) is 47.7 Å². The zero-order chi connectivity index (χ0) is 13.9. The number of hydrogen-bond acceptors (Lipinski definition) is 5. The van der Waals surface area contributed by atoms with Crippen molar-refractivity contribution in [1.29, 1.82) is 0 Å². The predicted molar refractivity (Wildman–Crippen MR) is 73.6 cm³/mol. The molecule has 0 saturated carbocycles. The molecule has 106 valence electrons. The van der Waals surface area contributed by atoms with Crippen molar-refractivity contribution in [3.8, 4) is 11.5 Å². The molecule has 1 aromatic carbocycles. The van der Waals surface area contributed by atoms with Gasteiger partial charge in [0.05, 0.1) is 12.2 Å². The highest BCUT2D eigenvalue weighted by Crippen LogP contribution is 2.32. The molecule has 0 radical (unpaired) electrons. The molecule has 3 rings (SSSR count). The summed E-state index contributed by atoms with van der Waals surface area (Å²) < 4.78 is 16.0. The Morgan fingerprint density at radius 3 is 2.75 bits per heavy atom. The van der Waals surface area contributed by atoms with E-state index in [4.69, 9.17) is 14.0 Å². The Morgan fingerprint density at radius 1 is 1.15 bits per heavy atom. The molecule has 5 nitrogen and oxygen atoms in total. The molecule has 2 heterocycles. The first kappa shape index (κ1) is 13.0. The number of nitrogens with zero attached hydrogens (tertiary/aromatic N) is 2. The van der Waals surface area contributed by atoms with Gasteiger partial charge in [-0.05, 0) is 31.2 Å². The summed E-state index contributed by atoms with van der Waals surface area (Å²) in [5.41, 5.74) is 2.12. The van der Waals surface area contributed by atoms with E-state index in [1.807, 2.05) is 25.1 Å². The highest BCUT2D eigenvalue weighted by atomic mass is 16.7. The molecule has 0 spiro atoms. The van der Waals surface area contributed by atoms with Crippen LogP contribution in [0.5, 0.6) is 11.5 Å². The van der Waals surface area contributed by atoms with Crippen molar-refractivity contribution >= 4 is 0 Å². The van der Waals surface area contributed by atoms with Crippen LogP contribution in [0.4, 0.5) is 0 Å². The predicted octanol–water partition coefficient (Wildman–Crippen LogP) is 2.73. The fourth-order valence-electron chi connectivity index (χ4n) is 2.29. The van der Waals surface area contributed by atoms with Crippen LogP contribution >= 0.6 is 0 Å². The smallest absolute Gasteiger partial charge is 0.231 e. The molecule has 0 amide bonds. The van der Waals surface area contributed by atoms with Crippen LogP contribution in [0.25, 0.3) is 0 Å². The minimum atomic E-state index is 0.313. The lowest BCUT2D eigenvalue weighted by molar-refractivity contribution is 0.174. The van der Waals surface area contributed by atoms with E-state index in [0.717, 1.165) is 42.6 Å².